The van der Waals surface area contributed by atoms with E-state index >= 15 is 0 Å². The van der Waals surface area contributed by atoms with Gasteiger partial charge in [0.15, 0.2) is 0 Å². The Morgan fingerprint density at radius 3 is 2.52 bits per heavy atom. The molecule has 2 aliphatic rings. The molecule has 0 bridgehead atoms. The third kappa shape index (κ3) is 4.67. The van der Waals surface area contributed by atoms with Gasteiger partial charge in [-0.05, 0) is 57.5 Å². The highest BCUT2D eigenvalue weighted by Gasteiger charge is 2.36. The molecule has 124 valence electrons. The Bertz CT molecular complexity index is 307. The van der Waals surface area contributed by atoms with Gasteiger partial charge in [0.1, 0.15) is 0 Å². The number of rotatable bonds is 5. The Hall–Kier alpha value is -0.120. The van der Waals surface area contributed by atoms with E-state index in [1.165, 1.54) is 52.0 Å². The summed E-state index contributed by atoms with van der Waals surface area (Å²) in [7, 11) is 2.25. The zero-order valence-electron chi connectivity index (χ0n) is 14.9. The van der Waals surface area contributed by atoms with E-state index < -0.39 is 0 Å². The quantitative estimate of drug-likeness (QED) is 0.841. The van der Waals surface area contributed by atoms with Gasteiger partial charge in [-0.2, -0.15) is 0 Å². The standard InChI is InChI=1S/C18H37N3/c1-6-7-19-18-11-14(2)10-15(3)17(18)13-21-9-8-20(5)12-16(21)4/h14-19H,6-13H2,1-5H3. The minimum atomic E-state index is 0.710. The van der Waals surface area contributed by atoms with Gasteiger partial charge in [0.05, 0.1) is 0 Å². The lowest BCUT2D eigenvalue weighted by Crippen LogP contribution is -2.55. The molecular weight excluding hydrogens is 258 g/mol. The van der Waals surface area contributed by atoms with Crippen LogP contribution < -0.4 is 5.32 Å². The predicted molar refractivity (Wildman–Crippen MR) is 91.7 cm³/mol. The second-order valence-electron chi connectivity index (χ2n) is 7.88. The first-order valence-corrected chi connectivity index (χ1v) is 9.17. The van der Waals surface area contributed by atoms with Crippen molar-refractivity contribution in [2.45, 2.75) is 59.0 Å². The zero-order valence-corrected chi connectivity index (χ0v) is 14.9. The number of nitrogens with zero attached hydrogens (tertiary/aromatic N) is 2. The summed E-state index contributed by atoms with van der Waals surface area (Å²) in [5, 5.41) is 3.86. The van der Waals surface area contributed by atoms with Crippen molar-refractivity contribution >= 4 is 0 Å². The highest BCUT2D eigenvalue weighted by molar-refractivity contribution is 4.91. The Balaban J connectivity index is 1.96. The highest BCUT2D eigenvalue weighted by atomic mass is 15.3. The molecule has 1 aliphatic heterocycles. The Morgan fingerprint density at radius 1 is 1.10 bits per heavy atom. The van der Waals surface area contributed by atoms with Crippen molar-refractivity contribution in [3.05, 3.63) is 0 Å². The summed E-state index contributed by atoms with van der Waals surface area (Å²) >= 11 is 0. The molecule has 0 amide bonds. The average molecular weight is 296 g/mol. The van der Waals surface area contributed by atoms with Crippen LogP contribution in [0.4, 0.5) is 0 Å². The molecule has 5 atom stereocenters. The third-order valence-corrected chi connectivity index (χ3v) is 5.75. The van der Waals surface area contributed by atoms with Gasteiger partial charge in [-0.25, -0.2) is 0 Å². The maximum Gasteiger partial charge on any atom is 0.0195 e. The molecule has 1 heterocycles. The van der Waals surface area contributed by atoms with Crippen molar-refractivity contribution in [3.8, 4) is 0 Å². The third-order valence-electron chi connectivity index (χ3n) is 5.75. The minimum Gasteiger partial charge on any atom is -0.314 e. The zero-order chi connectivity index (χ0) is 15.4. The van der Waals surface area contributed by atoms with Gasteiger partial charge >= 0.3 is 0 Å². The Morgan fingerprint density at radius 2 is 1.86 bits per heavy atom. The van der Waals surface area contributed by atoms with E-state index in [2.05, 4.69) is 49.9 Å². The lowest BCUT2D eigenvalue weighted by molar-refractivity contribution is 0.0452. The van der Waals surface area contributed by atoms with E-state index in [9.17, 15) is 0 Å². The number of nitrogens with one attached hydrogen (secondary N) is 1. The average Bonchev–Trinajstić information content (AvgIpc) is 2.42. The fourth-order valence-corrected chi connectivity index (χ4v) is 4.50. The number of piperazine rings is 1. The Labute approximate surface area is 132 Å². The van der Waals surface area contributed by atoms with Gasteiger partial charge in [0, 0.05) is 38.3 Å². The molecule has 3 heteroatoms. The van der Waals surface area contributed by atoms with Gasteiger partial charge in [-0.1, -0.05) is 20.8 Å². The van der Waals surface area contributed by atoms with Crippen molar-refractivity contribution in [1.82, 2.24) is 15.1 Å². The lowest BCUT2D eigenvalue weighted by Gasteiger charge is -2.46. The summed E-state index contributed by atoms with van der Waals surface area (Å²) in [5.41, 5.74) is 0. The first kappa shape index (κ1) is 17.2. The molecule has 0 radical (unpaired) electrons. The molecule has 3 nitrogen and oxygen atoms in total. The van der Waals surface area contributed by atoms with E-state index in [-0.39, 0.29) is 0 Å². The van der Waals surface area contributed by atoms with Crippen molar-refractivity contribution in [2.75, 3.05) is 39.8 Å². The number of hydrogen-bond acceptors (Lipinski definition) is 3. The molecule has 0 aromatic carbocycles. The molecule has 5 unspecified atom stereocenters. The summed E-state index contributed by atoms with van der Waals surface area (Å²) < 4.78 is 0. The molecular formula is C18H37N3. The maximum atomic E-state index is 3.86. The fourth-order valence-electron chi connectivity index (χ4n) is 4.50. The van der Waals surface area contributed by atoms with Gasteiger partial charge in [0.25, 0.3) is 0 Å². The molecule has 0 spiro atoms. The van der Waals surface area contributed by atoms with Crippen molar-refractivity contribution in [1.29, 1.82) is 0 Å². The number of hydrogen-bond donors (Lipinski definition) is 1. The fraction of sp³-hybridized carbons (Fsp3) is 1.00. The molecule has 0 aromatic rings. The van der Waals surface area contributed by atoms with Crippen LogP contribution in [-0.2, 0) is 0 Å². The highest BCUT2D eigenvalue weighted by Crippen LogP contribution is 2.35. The van der Waals surface area contributed by atoms with Crippen LogP contribution in [0.1, 0.15) is 47.0 Å². The van der Waals surface area contributed by atoms with Crippen LogP contribution in [0.2, 0.25) is 0 Å². The van der Waals surface area contributed by atoms with E-state index in [0.717, 1.165) is 23.8 Å². The van der Waals surface area contributed by atoms with Crippen LogP contribution in [0.25, 0.3) is 0 Å². The van der Waals surface area contributed by atoms with Crippen LogP contribution in [-0.4, -0.2) is 61.7 Å². The van der Waals surface area contributed by atoms with Crippen LogP contribution in [0.5, 0.6) is 0 Å². The molecule has 1 saturated carbocycles. The van der Waals surface area contributed by atoms with E-state index in [0.29, 0.717) is 6.04 Å². The first-order chi connectivity index (χ1) is 10.0. The van der Waals surface area contributed by atoms with Crippen molar-refractivity contribution < 1.29 is 0 Å². The molecule has 1 saturated heterocycles. The molecule has 1 N–H and O–H groups in total. The van der Waals surface area contributed by atoms with Gasteiger partial charge < -0.3 is 10.2 Å². The molecule has 1 aliphatic carbocycles. The maximum absolute atomic E-state index is 3.86. The monoisotopic (exact) mass is 295 g/mol. The lowest BCUT2D eigenvalue weighted by atomic mass is 9.72. The largest absolute Gasteiger partial charge is 0.314 e. The van der Waals surface area contributed by atoms with E-state index in [1.54, 1.807) is 0 Å². The smallest absolute Gasteiger partial charge is 0.0195 e. The summed E-state index contributed by atoms with van der Waals surface area (Å²) in [4.78, 5) is 5.22. The van der Waals surface area contributed by atoms with Crippen LogP contribution in [0, 0.1) is 17.8 Å². The van der Waals surface area contributed by atoms with Crippen molar-refractivity contribution in [3.63, 3.8) is 0 Å². The van der Waals surface area contributed by atoms with Gasteiger partial charge in [0.2, 0.25) is 0 Å². The normalized spacial score (nSPS) is 39.6. The second kappa shape index (κ2) is 7.94. The minimum absolute atomic E-state index is 0.710. The summed E-state index contributed by atoms with van der Waals surface area (Å²) in [6.07, 6.45) is 4.03. The summed E-state index contributed by atoms with van der Waals surface area (Å²) in [6.45, 7) is 15.8. The molecule has 21 heavy (non-hydrogen) atoms. The summed E-state index contributed by atoms with van der Waals surface area (Å²) in [5.74, 6) is 2.57. The first-order valence-electron chi connectivity index (χ1n) is 9.17. The van der Waals surface area contributed by atoms with Gasteiger partial charge in [-0.15, -0.1) is 0 Å². The second-order valence-corrected chi connectivity index (χ2v) is 7.88. The SMILES string of the molecule is CCCNC1CC(C)CC(C)C1CN1CCN(C)CC1C. The predicted octanol–water partition coefficient (Wildman–Crippen LogP) is 2.67. The number of likely N-dealkylation sites (N-methyl/N-ethyl adjacent to an activating group) is 1. The van der Waals surface area contributed by atoms with Gasteiger partial charge in [-0.3, -0.25) is 4.90 Å². The molecule has 2 rings (SSSR count). The molecule has 0 aromatic heterocycles. The summed E-state index contributed by atoms with van der Waals surface area (Å²) in [6, 6.07) is 1.44. The van der Waals surface area contributed by atoms with Crippen LogP contribution in [0.3, 0.4) is 0 Å². The van der Waals surface area contributed by atoms with Crippen LogP contribution in [0.15, 0.2) is 0 Å². The van der Waals surface area contributed by atoms with E-state index in [1.807, 2.05) is 0 Å². The van der Waals surface area contributed by atoms with E-state index in [4.69, 9.17) is 0 Å². The van der Waals surface area contributed by atoms with Crippen LogP contribution >= 0.6 is 0 Å². The topological polar surface area (TPSA) is 18.5 Å². The van der Waals surface area contributed by atoms with Crippen molar-refractivity contribution in [2.24, 2.45) is 17.8 Å². The Kier molecular flexibility index (Phi) is 6.51. The molecule has 2 fully saturated rings.